The molecule has 1 saturated heterocycles. The predicted molar refractivity (Wildman–Crippen MR) is 61.9 cm³/mol. The molecule has 0 spiro atoms. The summed E-state index contributed by atoms with van der Waals surface area (Å²) in [5, 5.41) is 0. The van der Waals surface area contributed by atoms with Crippen molar-refractivity contribution in [2.24, 2.45) is 5.73 Å². The number of hydrogen-bond donors (Lipinski definition) is 1. The normalized spacial score (nSPS) is 20.6. The SMILES string of the molecule is NC1CC(=O)N(c2ncc(Br)cc2C(F)(F)F)C1. The summed E-state index contributed by atoms with van der Waals surface area (Å²) in [6, 6.07) is 0.448. The average molecular weight is 324 g/mol. The van der Waals surface area contributed by atoms with E-state index in [1.165, 1.54) is 6.20 Å². The highest BCUT2D eigenvalue weighted by Crippen LogP contribution is 2.37. The summed E-state index contributed by atoms with van der Waals surface area (Å²) >= 11 is 2.93. The van der Waals surface area contributed by atoms with Gasteiger partial charge in [-0.1, -0.05) is 0 Å². The Morgan fingerprint density at radius 2 is 2.17 bits per heavy atom. The van der Waals surface area contributed by atoms with Crippen molar-refractivity contribution in [1.82, 2.24) is 4.98 Å². The first-order valence-electron chi connectivity index (χ1n) is 5.07. The standard InChI is InChI=1S/C10H9BrF3N3O/c11-5-1-7(10(12,13)14)9(16-3-5)17-4-6(15)2-8(17)18/h1,3,6H,2,4,15H2. The van der Waals surface area contributed by atoms with E-state index in [1.807, 2.05) is 0 Å². The monoisotopic (exact) mass is 323 g/mol. The molecule has 0 saturated carbocycles. The average Bonchev–Trinajstić information content (AvgIpc) is 2.56. The summed E-state index contributed by atoms with van der Waals surface area (Å²) in [6.45, 7) is 0.0521. The van der Waals surface area contributed by atoms with Crippen LogP contribution < -0.4 is 10.6 Å². The second-order valence-electron chi connectivity index (χ2n) is 3.99. The van der Waals surface area contributed by atoms with Crippen LogP contribution in [0.3, 0.4) is 0 Å². The number of carbonyl (C=O) groups excluding carboxylic acids is 1. The molecule has 0 radical (unpaired) electrons. The Morgan fingerprint density at radius 1 is 1.50 bits per heavy atom. The molecule has 18 heavy (non-hydrogen) atoms. The summed E-state index contributed by atoms with van der Waals surface area (Å²) in [6.07, 6.45) is -3.31. The lowest BCUT2D eigenvalue weighted by Crippen LogP contribution is -2.30. The molecule has 1 atom stereocenters. The van der Waals surface area contributed by atoms with Gasteiger partial charge in [-0.15, -0.1) is 0 Å². The van der Waals surface area contributed by atoms with Crippen molar-refractivity contribution in [3.63, 3.8) is 0 Å². The number of alkyl halides is 3. The number of pyridine rings is 1. The summed E-state index contributed by atoms with van der Waals surface area (Å²) in [5.74, 6) is -0.827. The van der Waals surface area contributed by atoms with E-state index in [0.29, 0.717) is 0 Å². The maximum Gasteiger partial charge on any atom is 0.420 e. The zero-order valence-electron chi connectivity index (χ0n) is 9.04. The van der Waals surface area contributed by atoms with Crippen LogP contribution >= 0.6 is 15.9 Å². The van der Waals surface area contributed by atoms with Crippen LogP contribution in [0.2, 0.25) is 0 Å². The van der Waals surface area contributed by atoms with Gasteiger partial charge in [0, 0.05) is 29.7 Å². The first kappa shape index (κ1) is 13.3. The summed E-state index contributed by atoms with van der Waals surface area (Å²) in [5.41, 5.74) is 4.62. The molecule has 0 aliphatic carbocycles. The lowest BCUT2D eigenvalue weighted by atomic mass is 10.2. The first-order valence-corrected chi connectivity index (χ1v) is 5.87. The summed E-state index contributed by atoms with van der Waals surface area (Å²) in [7, 11) is 0. The third-order valence-corrected chi connectivity index (χ3v) is 2.98. The smallest absolute Gasteiger partial charge is 0.326 e. The Balaban J connectivity index is 2.48. The van der Waals surface area contributed by atoms with Crippen LogP contribution in [0.4, 0.5) is 19.0 Å². The zero-order valence-corrected chi connectivity index (χ0v) is 10.6. The van der Waals surface area contributed by atoms with Crippen molar-refractivity contribution in [2.45, 2.75) is 18.6 Å². The molecule has 2 N–H and O–H groups in total. The molecule has 98 valence electrons. The highest BCUT2D eigenvalue weighted by molar-refractivity contribution is 9.10. The third kappa shape index (κ3) is 2.49. The number of aromatic nitrogens is 1. The summed E-state index contributed by atoms with van der Waals surface area (Å²) in [4.78, 5) is 16.3. The van der Waals surface area contributed by atoms with Gasteiger partial charge in [-0.2, -0.15) is 13.2 Å². The molecule has 2 heterocycles. The molecule has 2 rings (SSSR count). The molecule has 1 aromatic rings. The molecule has 1 unspecified atom stereocenters. The molecular formula is C10H9BrF3N3O. The van der Waals surface area contributed by atoms with Crippen LogP contribution in [-0.4, -0.2) is 23.5 Å². The fraction of sp³-hybridized carbons (Fsp3) is 0.400. The van der Waals surface area contributed by atoms with Crippen molar-refractivity contribution in [3.8, 4) is 0 Å². The molecule has 1 aliphatic rings. The number of nitrogens with zero attached hydrogens (tertiary/aromatic N) is 2. The minimum absolute atomic E-state index is 0.0367. The fourth-order valence-corrected chi connectivity index (χ4v) is 2.13. The van der Waals surface area contributed by atoms with Gasteiger partial charge in [-0.05, 0) is 22.0 Å². The van der Waals surface area contributed by atoms with Crippen LogP contribution in [0, 0.1) is 0 Å². The zero-order chi connectivity index (χ0) is 13.5. The Bertz CT molecular complexity index is 492. The van der Waals surface area contributed by atoms with E-state index in [0.717, 1.165) is 11.0 Å². The Labute approximate surface area is 109 Å². The number of rotatable bonds is 1. The number of anilines is 1. The van der Waals surface area contributed by atoms with Gasteiger partial charge < -0.3 is 5.73 Å². The highest BCUT2D eigenvalue weighted by Gasteiger charge is 2.39. The molecular weight excluding hydrogens is 315 g/mol. The van der Waals surface area contributed by atoms with Crippen LogP contribution in [0.25, 0.3) is 0 Å². The number of amides is 1. The molecule has 1 amide bonds. The number of halogens is 4. The van der Waals surface area contributed by atoms with E-state index in [4.69, 9.17) is 5.73 Å². The molecule has 4 nitrogen and oxygen atoms in total. The Kier molecular flexibility index (Phi) is 3.33. The van der Waals surface area contributed by atoms with Gasteiger partial charge in [0.25, 0.3) is 0 Å². The van der Waals surface area contributed by atoms with E-state index in [1.54, 1.807) is 0 Å². The minimum Gasteiger partial charge on any atom is -0.326 e. The molecule has 0 bridgehead atoms. The maximum atomic E-state index is 12.9. The minimum atomic E-state index is -4.57. The van der Waals surface area contributed by atoms with E-state index in [9.17, 15) is 18.0 Å². The molecule has 1 aliphatic heterocycles. The van der Waals surface area contributed by atoms with E-state index < -0.39 is 23.7 Å². The maximum absolute atomic E-state index is 12.9. The Morgan fingerprint density at radius 3 is 2.67 bits per heavy atom. The number of nitrogens with two attached hydrogens (primary N) is 1. The van der Waals surface area contributed by atoms with Gasteiger partial charge in [0.2, 0.25) is 5.91 Å². The van der Waals surface area contributed by atoms with Crippen LogP contribution in [0.1, 0.15) is 12.0 Å². The molecule has 8 heteroatoms. The van der Waals surface area contributed by atoms with Crippen molar-refractivity contribution in [2.75, 3.05) is 11.4 Å². The predicted octanol–water partition coefficient (Wildman–Crippen LogP) is 1.93. The summed E-state index contributed by atoms with van der Waals surface area (Å²) < 4.78 is 38.8. The molecule has 1 fully saturated rings. The fourth-order valence-electron chi connectivity index (χ4n) is 1.80. The molecule has 0 aromatic carbocycles. The van der Waals surface area contributed by atoms with Gasteiger partial charge in [0.15, 0.2) is 0 Å². The second kappa shape index (κ2) is 4.51. The number of hydrogen-bond acceptors (Lipinski definition) is 3. The lowest BCUT2D eigenvalue weighted by molar-refractivity contribution is -0.137. The van der Waals surface area contributed by atoms with Crippen LogP contribution in [-0.2, 0) is 11.0 Å². The highest BCUT2D eigenvalue weighted by atomic mass is 79.9. The van der Waals surface area contributed by atoms with Crippen molar-refractivity contribution in [1.29, 1.82) is 0 Å². The second-order valence-corrected chi connectivity index (χ2v) is 4.91. The third-order valence-electron chi connectivity index (χ3n) is 2.55. The largest absolute Gasteiger partial charge is 0.420 e. The number of carbonyl (C=O) groups is 1. The van der Waals surface area contributed by atoms with Gasteiger partial charge in [0.1, 0.15) is 5.82 Å². The van der Waals surface area contributed by atoms with Crippen molar-refractivity contribution >= 4 is 27.7 Å². The van der Waals surface area contributed by atoms with Gasteiger partial charge in [-0.25, -0.2) is 4.98 Å². The van der Waals surface area contributed by atoms with Gasteiger partial charge >= 0.3 is 6.18 Å². The van der Waals surface area contributed by atoms with Gasteiger partial charge in [-0.3, -0.25) is 9.69 Å². The quantitative estimate of drug-likeness (QED) is 0.859. The lowest BCUT2D eigenvalue weighted by Gasteiger charge is -2.20. The van der Waals surface area contributed by atoms with Crippen LogP contribution in [0.5, 0.6) is 0 Å². The van der Waals surface area contributed by atoms with Crippen molar-refractivity contribution < 1.29 is 18.0 Å². The van der Waals surface area contributed by atoms with Crippen LogP contribution in [0.15, 0.2) is 16.7 Å². The molecule has 1 aromatic heterocycles. The van der Waals surface area contributed by atoms with Gasteiger partial charge in [0.05, 0.1) is 5.56 Å². The first-order chi connectivity index (χ1) is 8.29. The Hall–Kier alpha value is -1.15. The topological polar surface area (TPSA) is 59.2 Å². The van der Waals surface area contributed by atoms with E-state index in [-0.39, 0.29) is 23.3 Å². The van der Waals surface area contributed by atoms with E-state index in [2.05, 4.69) is 20.9 Å². The van der Waals surface area contributed by atoms with Crippen molar-refractivity contribution in [3.05, 3.63) is 22.3 Å². The van der Waals surface area contributed by atoms with E-state index >= 15 is 0 Å².